The Morgan fingerprint density at radius 1 is 0.354 bits per heavy atom. The van der Waals surface area contributed by atoms with E-state index in [1.807, 2.05) is 6.55 Å². The van der Waals surface area contributed by atoms with Crippen LogP contribution in [0.4, 0.5) is 0 Å². The average Bonchev–Trinajstić information content (AvgIpc) is 3.02. The second kappa shape index (κ2) is 28.5. The third kappa shape index (κ3) is 37.5. The van der Waals surface area contributed by atoms with E-state index < -0.39 is 102 Å². The lowest BCUT2D eigenvalue weighted by Gasteiger charge is -2.47. The van der Waals surface area contributed by atoms with E-state index in [1.165, 1.54) is 0 Å². The summed E-state index contributed by atoms with van der Waals surface area (Å²) in [6, 6.07) is 4.01. The van der Waals surface area contributed by atoms with Gasteiger partial charge in [0.1, 0.15) is 0 Å². The first-order valence-electron chi connectivity index (χ1n) is 24.5. The highest BCUT2D eigenvalue weighted by Crippen LogP contribution is 2.37. The molecule has 0 aliphatic carbocycles. The molecule has 0 saturated heterocycles. The fourth-order valence-corrected chi connectivity index (χ4v) is 62.4. The number of methoxy groups -OCH3 is 1. The largest absolute Gasteiger partial charge is 0.474 e. The molecule has 0 rings (SSSR count). The van der Waals surface area contributed by atoms with Crippen LogP contribution in [0.3, 0.4) is 0 Å². The molecule has 0 aliphatic heterocycles. The van der Waals surface area contributed by atoms with Gasteiger partial charge < -0.3 is 55.7 Å². The number of hydrogen-bond donors (Lipinski definition) is 1. The van der Waals surface area contributed by atoms with Gasteiger partial charge in [-0.25, -0.2) is 0 Å². The van der Waals surface area contributed by atoms with Crippen LogP contribution in [0, 0.1) is 0 Å². The molecular weight excluding hydrogens is 1030 g/mol. The van der Waals surface area contributed by atoms with Crippen molar-refractivity contribution in [1.29, 1.82) is 0 Å². The monoisotopic (exact) mass is 1130 g/mol. The lowest BCUT2D eigenvalue weighted by molar-refractivity contribution is 0.0701. The molecule has 0 bridgehead atoms. The minimum Gasteiger partial charge on any atom is -0.437 e. The first kappa shape index (κ1) is 69.2. The smallest absolute Gasteiger partial charge is 0.437 e. The van der Waals surface area contributed by atoms with Crippen molar-refractivity contribution in [3.63, 3.8) is 0 Å². The lowest BCUT2D eigenvalue weighted by Crippen LogP contribution is -2.66. The Morgan fingerprint density at radius 2 is 0.723 bits per heavy atom. The second-order valence-electron chi connectivity index (χ2n) is 24.0. The molecule has 65 heavy (non-hydrogen) atoms. The SMILES string of the molecule is CCCC[Si](C)(C)O[Si](C)(C)O[Si](CC[Si](C)(O)O[Si](C)(C)C)(O[Si](C)(C)O[Si](C)(C)C)O[Si](C)(C)O[Si](C)(C)CCCC.COCCOCCC[Si](C)(OC)O[Si](C)(C)O[Si](C)(C)C. The summed E-state index contributed by atoms with van der Waals surface area (Å²) in [7, 11) is -25.3. The zero-order valence-electron chi connectivity index (χ0n) is 47.5. The molecule has 394 valence electrons. The molecule has 0 heterocycles. The molecule has 2 atom stereocenters. The summed E-state index contributed by atoms with van der Waals surface area (Å²) in [4.78, 5) is 11.6. The zero-order chi connectivity index (χ0) is 51.7. The molecule has 0 aromatic rings. The van der Waals surface area contributed by atoms with E-state index in [0.29, 0.717) is 25.3 Å². The summed E-state index contributed by atoms with van der Waals surface area (Å²) in [5.41, 5.74) is 0. The quantitative estimate of drug-likeness (QED) is 0.0478. The Morgan fingerprint density at radius 3 is 1.06 bits per heavy atom. The Hall–Kier alpha value is 2.08. The van der Waals surface area contributed by atoms with Crippen LogP contribution in [0.1, 0.15) is 46.0 Å². The van der Waals surface area contributed by atoms with Crippen molar-refractivity contribution in [2.45, 2.75) is 227 Å². The van der Waals surface area contributed by atoms with Crippen LogP contribution < -0.4 is 0 Å². The molecule has 0 aromatic heterocycles. The number of rotatable bonds is 35. The summed E-state index contributed by atoms with van der Waals surface area (Å²) in [6.45, 7) is 56.2. The molecule has 0 amide bonds. The normalized spacial score (nSPS) is 16.2. The predicted octanol–water partition coefficient (Wildman–Crippen LogP) is 13.2. The molecule has 0 fully saturated rings. The van der Waals surface area contributed by atoms with Gasteiger partial charge in [-0.05, 0) is 181 Å². The molecule has 0 spiro atoms. The Kier molecular flexibility index (Phi) is 30.3. The Bertz CT molecular complexity index is 1270. The third-order valence-corrected chi connectivity index (χ3v) is 51.8. The van der Waals surface area contributed by atoms with Crippen molar-refractivity contribution in [3.8, 4) is 0 Å². The average molecular weight is 1130 g/mol. The molecular formula is C40H108O13Si12. The topological polar surface area (TPSA) is 131 Å². The van der Waals surface area contributed by atoms with Gasteiger partial charge in [0, 0.05) is 26.9 Å². The van der Waals surface area contributed by atoms with E-state index in [4.69, 9.17) is 50.9 Å². The van der Waals surface area contributed by atoms with Gasteiger partial charge in [0.05, 0.1) is 13.2 Å². The number of unbranched alkanes of at least 4 members (excludes halogenated alkanes) is 2. The van der Waals surface area contributed by atoms with Crippen molar-refractivity contribution in [1.82, 2.24) is 0 Å². The van der Waals surface area contributed by atoms with Crippen LogP contribution in [0.2, 0.25) is 181 Å². The first-order valence-corrected chi connectivity index (χ1v) is 59.2. The lowest BCUT2D eigenvalue weighted by atomic mass is 10.4. The van der Waals surface area contributed by atoms with Gasteiger partial charge in [0.15, 0.2) is 41.6 Å². The van der Waals surface area contributed by atoms with E-state index >= 15 is 0 Å². The van der Waals surface area contributed by atoms with E-state index in [2.05, 4.69) is 158 Å². The van der Waals surface area contributed by atoms with Crippen molar-refractivity contribution in [2.24, 2.45) is 0 Å². The third-order valence-electron chi connectivity index (χ3n) is 9.28. The molecule has 13 nitrogen and oxygen atoms in total. The summed E-state index contributed by atoms with van der Waals surface area (Å²) in [5, 5.41) is 0. The second-order valence-corrected chi connectivity index (χ2v) is 71.1. The zero-order valence-corrected chi connectivity index (χ0v) is 59.5. The Balaban J connectivity index is 0. The summed E-state index contributed by atoms with van der Waals surface area (Å²) in [5.74, 6) is 0. The van der Waals surface area contributed by atoms with Crippen LogP contribution >= 0.6 is 0 Å². The highest BCUT2D eigenvalue weighted by Gasteiger charge is 2.57. The maximum Gasteiger partial charge on any atom is 0.474 e. The van der Waals surface area contributed by atoms with Crippen molar-refractivity contribution < 1.29 is 55.7 Å². The minimum atomic E-state index is -3.56. The van der Waals surface area contributed by atoms with E-state index in [0.717, 1.165) is 56.8 Å². The van der Waals surface area contributed by atoms with Crippen LogP contribution in [0.15, 0.2) is 0 Å². The molecule has 1 N–H and O–H groups in total. The fourth-order valence-electron chi connectivity index (χ4n) is 8.08. The fraction of sp³-hybridized carbons (Fsp3) is 1.00. The molecule has 2 unspecified atom stereocenters. The minimum absolute atomic E-state index is 0.454. The molecule has 0 radical (unpaired) electrons. The van der Waals surface area contributed by atoms with E-state index in [1.54, 1.807) is 14.2 Å². The van der Waals surface area contributed by atoms with Crippen molar-refractivity contribution >= 4 is 102 Å². The van der Waals surface area contributed by atoms with Crippen molar-refractivity contribution in [2.75, 3.05) is 34.0 Å². The molecule has 0 aromatic carbocycles. The molecule has 25 heteroatoms. The van der Waals surface area contributed by atoms with Crippen LogP contribution in [-0.4, -0.2) is 141 Å². The highest BCUT2D eigenvalue weighted by atomic mass is 28.5. The van der Waals surface area contributed by atoms with Gasteiger partial charge in [-0.2, -0.15) is 0 Å². The highest BCUT2D eigenvalue weighted by molar-refractivity contribution is 6.94. The summed E-state index contributed by atoms with van der Waals surface area (Å²) < 4.78 is 77.8. The number of hydrogen-bond acceptors (Lipinski definition) is 13. The van der Waals surface area contributed by atoms with Gasteiger partial charge in [-0.1, -0.05) is 39.5 Å². The summed E-state index contributed by atoms with van der Waals surface area (Å²) in [6.07, 6.45) is 5.53. The van der Waals surface area contributed by atoms with Gasteiger partial charge in [0.25, 0.3) is 0 Å². The van der Waals surface area contributed by atoms with Gasteiger partial charge in [0.2, 0.25) is 0 Å². The maximum absolute atomic E-state index is 11.6. The van der Waals surface area contributed by atoms with E-state index in [-0.39, 0.29) is 0 Å². The van der Waals surface area contributed by atoms with Crippen LogP contribution in [-0.2, 0) is 50.9 Å². The van der Waals surface area contributed by atoms with Crippen molar-refractivity contribution in [3.05, 3.63) is 0 Å². The van der Waals surface area contributed by atoms with Crippen LogP contribution in [0.25, 0.3) is 0 Å². The molecule has 0 aliphatic rings. The first-order chi connectivity index (χ1) is 28.8. The van der Waals surface area contributed by atoms with Gasteiger partial charge in [-0.15, -0.1) is 0 Å². The van der Waals surface area contributed by atoms with E-state index in [9.17, 15) is 4.80 Å². The van der Waals surface area contributed by atoms with Gasteiger partial charge >= 0.3 is 60.2 Å². The summed E-state index contributed by atoms with van der Waals surface area (Å²) >= 11 is 0. The Labute approximate surface area is 415 Å². The number of ether oxygens (including phenoxy) is 2. The van der Waals surface area contributed by atoms with Gasteiger partial charge in [-0.3, -0.25) is 0 Å². The predicted molar refractivity (Wildman–Crippen MR) is 304 cm³/mol. The standard InChI is InChI=1S/C27H74O8Si9.C13H34O5Si3/c1-20-22-24-38(9,10)31-41(15,16)34-44(33-40(13,14)29-36(3,4)5,27-26-43(19,28)30-37(6,7)8)35-42(17,18)32-39(11,12)25-23-21-2;1-14-11-12-16-10-9-13-21(8,15-2)18-20(6,7)17-19(3,4)5/h28H,20-27H2,1-19H3;9-13H2,1-8H3. The van der Waals surface area contributed by atoms with Crippen LogP contribution in [0.5, 0.6) is 0 Å². The molecule has 0 saturated carbocycles. The maximum atomic E-state index is 11.6.